The van der Waals surface area contributed by atoms with Gasteiger partial charge >= 0.3 is 0 Å². The van der Waals surface area contributed by atoms with Crippen LogP contribution in [-0.4, -0.2) is 30.5 Å². The molecule has 0 aromatic heterocycles. The summed E-state index contributed by atoms with van der Waals surface area (Å²) in [5.41, 5.74) is 1.12. The molecule has 1 aromatic carbocycles. The fraction of sp³-hybridized carbons (Fsp3) is 0.529. The van der Waals surface area contributed by atoms with Crippen LogP contribution in [0.4, 0.5) is 0 Å². The molecule has 0 bridgehead atoms. The van der Waals surface area contributed by atoms with Crippen molar-refractivity contribution in [1.82, 2.24) is 0 Å². The highest BCUT2D eigenvalue weighted by atomic mass is 16.5. The summed E-state index contributed by atoms with van der Waals surface area (Å²) >= 11 is 0. The minimum Gasteiger partial charge on any atom is -0.388 e. The van der Waals surface area contributed by atoms with E-state index in [9.17, 15) is 5.11 Å². The molecule has 0 radical (unpaired) electrons. The number of allylic oxidation sites excluding steroid dienone is 2. The first-order valence-electron chi connectivity index (χ1n) is 7.42. The van der Waals surface area contributed by atoms with Crippen LogP contribution in [0.15, 0.2) is 42.5 Å². The van der Waals surface area contributed by atoms with Crippen molar-refractivity contribution >= 4 is 0 Å². The van der Waals surface area contributed by atoms with Crippen molar-refractivity contribution in [2.24, 2.45) is 0 Å². The Morgan fingerprint density at radius 3 is 2.85 bits per heavy atom. The van der Waals surface area contributed by atoms with E-state index in [1.165, 1.54) is 0 Å². The second-order valence-electron chi connectivity index (χ2n) is 5.17. The molecule has 2 rings (SSSR count). The van der Waals surface area contributed by atoms with Crippen molar-refractivity contribution in [3.8, 4) is 0 Å². The van der Waals surface area contributed by atoms with Crippen molar-refractivity contribution < 1.29 is 14.6 Å². The molecule has 110 valence electrons. The highest BCUT2D eigenvalue weighted by Crippen LogP contribution is 2.13. The molecule has 1 aliphatic rings. The summed E-state index contributed by atoms with van der Waals surface area (Å²) in [5.74, 6) is 0. The van der Waals surface area contributed by atoms with Crippen molar-refractivity contribution in [2.45, 2.75) is 44.5 Å². The van der Waals surface area contributed by atoms with Crippen LogP contribution in [0.2, 0.25) is 0 Å². The predicted octanol–water partition coefficient (Wildman–Crippen LogP) is 3.08. The van der Waals surface area contributed by atoms with Crippen molar-refractivity contribution in [3.63, 3.8) is 0 Å². The number of rotatable bonds is 5. The van der Waals surface area contributed by atoms with Gasteiger partial charge in [0.1, 0.15) is 6.10 Å². The van der Waals surface area contributed by atoms with E-state index in [2.05, 4.69) is 12.2 Å². The van der Waals surface area contributed by atoms with Crippen molar-refractivity contribution in [1.29, 1.82) is 0 Å². The van der Waals surface area contributed by atoms with Gasteiger partial charge in [-0.15, -0.1) is 0 Å². The summed E-state index contributed by atoms with van der Waals surface area (Å²) in [7, 11) is 0. The Bertz CT molecular complexity index is 388. The smallest absolute Gasteiger partial charge is 0.103 e. The molecule has 0 fully saturated rings. The Kier molecular flexibility index (Phi) is 6.78. The molecule has 1 aliphatic heterocycles. The second-order valence-corrected chi connectivity index (χ2v) is 5.17. The zero-order chi connectivity index (χ0) is 14.0. The van der Waals surface area contributed by atoms with Gasteiger partial charge in [0.15, 0.2) is 0 Å². The van der Waals surface area contributed by atoms with Crippen LogP contribution in [0.3, 0.4) is 0 Å². The number of aliphatic hydroxyl groups excluding tert-OH is 1. The maximum absolute atomic E-state index is 10.2. The van der Waals surface area contributed by atoms with Gasteiger partial charge in [0.05, 0.1) is 19.3 Å². The van der Waals surface area contributed by atoms with Crippen LogP contribution >= 0.6 is 0 Å². The van der Waals surface area contributed by atoms with E-state index < -0.39 is 6.10 Å². The maximum Gasteiger partial charge on any atom is 0.103 e. The quantitative estimate of drug-likeness (QED) is 0.840. The van der Waals surface area contributed by atoms with E-state index in [1.54, 1.807) is 0 Å². The summed E-state index contributed by atoms with van der Waals surface area (Å²) in [6.45, 7) is 1.57. The minimum atomic E-state index is -0.551. The zero-order valence-electron chi connectivity index (χ0n) is 11.9. The minimum absolute atomic E-state index is 0.117. The molecule has 3 nitrogen and oxygen atoms in total. The van der Waals surface area contributed by atoms with Gasteiger partial charge in [-0.25, -0.2) is 0 Å². The van der Waals surface area contributed by atoms with Crippen LogP contribution in [0.1, 0.15) is 31.2 Å². The molecule has 20 heavy (non-hydrogen) atoms. The van der Waals surface area contributed by atoms with Gasteiger partial charge in [0, 0.05) is 6.61 Å². The van der Waals surface area contributed by atoms with Gasteiger partial charge in [0.25, 0.3) is 0 Å². The zero-order valence-corrected chi connectivity index (χ0v) is 11.9. The fourth-order valence-electron chi connectivity index (χ4n) is 2.30. The van der Waals surface area contributed by atoms with Crippen molar-refractivity contribution in [2.75, 3.05) is 13.2 Å². The Morgan fingerprint density at radius 1 is 1.20 bits per heavy atom. The third-order valence-electron chi connectivity index (χ3n) is 3.46. The lowest BCUT2D eigenvalue weighted by Gasteiger charge is -2.22. The normalized spacial score (nSPS) is 23.4. The lowest BCUT2D eigenvalue weighted by molar-refractivity contribution is -0.0772. The largest absolute Gasteiger partial charge is 0.388 e. The molecule has 0 aliphatic carbocycles. The van der Waals surface area contributed by atoms with Crippen molar-refractivity contribution in [3.05, 3.63) is 48.0 Å². The Morgan fingerprint density at radius 2 is 2.00 bits per heavy atom. The van der Waals surface area contributed by atoms with E-state index in [-0.39, 0.29) is 6.10 Å². The standard InChI is InChI=1S/C17H24O3/c18-16(14-19-13-15-9-5-4-6-10-15)17-11-7-2-1-3-8-12-20-17/h1-2,4-6,9-10,16-18H,3,7-8,11-14H2/b2-1-/t16-,17-/m1/s1. The third-order valence-corrected chi connectivity index (χ3v) is 3.46. The van der Waals surface area contributed by atoms with Crippen LogP contribution in [0, 0.1) is 0 Å². The molecular formula is C17H24O3. The first-order valence-corrected chi connectivity index (χ1v) is 7.42. The average molecular weight is 276 g/mol. The first-order chi connectivity index (χ1) is 9.86. The molecule has 0 saturated heterocycles. The molecule has 1 N–H and O–H groups in total. The molecule has 0 unspecified atom stereocenters. The molecular weight excluding hydrogens is 252 g/mol. The van der Waals surface area contributed by atoms with Crippen LogP contribution < -0.4 is 0 Å². The SMILES string of the molecule is O[C@H](COCc1ccccc1)[C@H]1CC/C=C\CCCO1. The van der Waals surface area contributed by atoms with Gasteiger partial charge in [-0.3, -0.25) is 0 Å². The summed E-state index contributed by atoms with van der Waals surface area (Å²) in [6.07, 6.45) is 7.60. The van der Waals surface area contributed by atoms with E-state index in [1.807, 2.05) is 30.3 Å². The van der Waals surface area contributed by atoms with E-state index >= 15 is 0 Å². The number of ether oxygens (including phenoxy) is 2. The molecule has 1 heterocycles. The topological polar surface area (TPSA) is 38.7 Å². The fourth-order valence-corrected chi connectivity index (χ4v) is 2.30. The number of hydrogen-bond donors (Lipinski definition) is 1. The van der Waals surface area contributed by atoms with Crippen LogP contribution in [0.5, 0.6) is 0 Å². The van der Waals surface area contributed by atoms with Gasteiger partial charge < -0.3 is 14.6 Å². The molecule has 3 heteroatoms. The number of aliphatic hydroxyl groups is 1. The van der Waals surface area contributed by atoms with Gasteiger partial charge in [-0.2, -0.15) is 0 Å². The maximum atomic E-state index is 10.2. The van der Waals surface area contributed by atoms with Gasteiger partial charge in [0.2, 0.25) is 0 Å². The molecule has 0 spiro atoms. The summed E-state index contributed by atoms with van der Waals surface area (Å²) in [4.78, 5) is 0. The van der Waals surface area contributed by atoms with Gasteiger partial charge in [-0.05, 0) is 31.2 Å². The Labute approximate surface area is 121 Å². The predicted molar refractivity (Wildman–Crippen MR) is 79.5 cm³/mol. The average Bonchev–Trinajstić information content (AvgIpc) is 2.62. The molecule has 2 atom stereocenters. The number of hydrogen-bond acceptors (Lipinski definition) is 3. The summed E-state index contributed by atoms with van der Waals surface area (Å²) < 4.78 is 11.3. The lowest BCUT2D eigenvalue weighted by Crippen LogP contribution is -2.33. The van der Waals surface area contributed by atoms with E-state index in [0.717, 1.165) is 31.2 Å². The molecule has 0 saturated carbocycles. The van der Waals surface area contributed by atoms with Gasteiger partial charge in [-0.1, -0.05) is 42.5 Å². The van der Waals surface area contributed by atoms with E-state index in [4.69, 9.17) is 9.47 Å². The summed E-state index contributed by atoms with van der Waals surface area (Å²) in [5, 5.41) is 10.2. The van der Waals surface area contributed by atoms with Crippen LogP contribution in [0.25, 0.3) is 0 Å². The number of benzene rings is 1. The van der Waals surface area contributed by atoms with E-state index in [0.29, 0.717) is 19.8 Å². The lowest BCUT2D eigenvalue weighted by atomic mass is 10.1. The Balaban J connectivity index is 1.72. The first kappa shape index (κ1) is 15.2. The highest BCUT2D eigenvalue weighted by Gasteiger charge is 2.19. The molecule has 0 amide bonds. The second kappa shape index (κ2) is 8.90. The molecule has 1 aromatic rings. The highest BCUT2D eigenvalue weighted by molar-refractivity contribution is 5.13. The summed E-state index contributed by atoms with van der Waals surface area (Å²) in [6, 6.07) is 10.0. The third kappa shape index (κ3) is 5.45. The van der Waals surface area contributed by atoms with Crippen LogP contribution in [-0.2, 0) is 16.1 Å². The monoisotopic (exact) mass is 276 g/mol. The Hall–Kier alpha value is -1.16.